The van der Waals surface area contributed by atoms with E-state index in [-0.39, 0.29) is 11.8 Å². The topological polar surface area (TPSA) is 70.7 Å². The predicted molar refractivity (Wildman–Crippen MR) is 99.6 cm³/mol. The molecule has 6 nitrogen and oxygen atoms in total. The minimum atomic E-state index is -0.293. The van der Waals surface area contributed by atoms with E-state index in [1.807, 2.05) is 0 Å². The smallest absolute Gasteiger partial charge is 0.291 e. The van der Waals surface area contributed by atoms with E-state index in [9.17, 15) is 9.59 Å². The third kappa shape index (κ3) is 5.24. The highest BCUT2D eigenvalue weighted by Gasteiger charge is 2.15. The van der Waals surface area contributed by atoms with Crippen LogP contribution >= 0.6 is 11.8 Å². The molecule has 25 heavy (non-hydrogen) atoms. The SMILES string of the molecule is O=C(Nc1cccc(C(=O)NCCN2CCCC2)c1)C1=CSCCO1. The molecule has 2 N–H and O–H groups in total. The fraction of sp³-hybridized carbons (Fsp3) is 0.444. The summed E-state index contributed by atoms with van der Waals surface area (Å²) in [6.07, 6.45) is 2.49. The van der Waals surface area contributed by atoms with Gasteiger partial charge in [-0.05, 0) is 44.1 Å². The van der Waals surface area contributed by atoms with Crippen molar-refractivity contribution in [3.8, 4) is 0 Å². The van der Waals surface area contributed by atoms with Gasteiger partial charge in [0.05, 0.1) is 6.61 Å². The van der Waals surface area contributed by atoms with Crippen LogP contribution in [0.3, 0.4) is 0 Å². The molecular formula is C18H23N3O3S. The second-order valence-corrected chi connectivity index (χ2v) is 7.02. The molecule has 2 amide bonds. The highest BCUT2D eigenvalue weighted by atomic mass is 32.2. The quantitative estimate of drug-likeness (QED) is 0.812. The molecule has 3 rings (SSSR count). The standard InChI is InChI=1S/C18H23N3O3S/c22-17(19-6-9-21-7-1-2-8-21)14-4-3-5-15(12-14)20-18(23)16-13-25-11-10-24-16/h3-5,12-13H,1-2,6-11H2,(H,19,22)(H,20,23). The van der Waals surface area contributed by atoms with Gasteiger partial charge >= 0.3 is 0 Å². The van der Waals surface area contributed by atoms with Crippen molar-refractivity contribution in [3.63, 3.8) is 0 Å². The molecule has 1 aromatic carbocycles. The van der Waals surface area contributed by atoms with Gasteiger partial charge in [-0.2, -0.15) is 0 Å². The molecule has 0 spiro atoms. The summed E-state index contributed by atoms with van der Waals surface area (Å²) >= 11 is 1.55. The molecule has 0 saturated carbocycles. The molecule has 2 heterocycles. The van der Waals surface area contributed by atoms with Crippen molar-refractivity contribution < 1.29 is 14.3 Å². The minimum Gasteiger partial charge on any atom is -0.487 e. The third-order valence-corrected chi connectivity index (χ3v) is 4.95. The summed E-state index contributed by atoms with van der Waals surface area (Å²) < 4.78 is 5.34. The third-order valence-electron chi connectivity index (χ3n) is 4.17. The van der Waals surface area contributed by atoms with Crippen LogP contribution in [0.2, 0.25) is 0 Å². The first kappa shape index (κ1) is 17.8. The van der Waals surface area contributed by atoms with E-state index in [4.69, 9.17) is 4.74 Å². The van der Waals surface area contributed by atoms with E-state index in [0.29, 0.717) is 30.2 Å². The maximum Gasteiger partial charge on any atom is 0.291 e. The molecule has 0 radical (unpaired) electrons. The van der Waals surface area contributed by atoms with Gasteiger partial charge in [-0.25, -0.2) is 0 Å². The van der Waals surface area contributed by atoms with Gasteiger partial charge in [0, 0.05) is 35.5 Å². The summed E-state index contributed by atoms with van der Waals surface area (Å²) in [4.78, 5) is 26.8. The number of nitrogens with one attached hydrogen (secondary N) is 2. The number of ether oxygens (including phenoxy) is 1. The normalized spacial score (nSPS) is 17.5. The highest BCUT2D eigenvalue weighted by molar-refractivity contribution is 8.02. The fourth-order valence-corrected chi connectivity index (χ4v) is 3.48. The van der Waals surface area contributed by atoms with Crippen molar-refractivity contribution in [1.29, 1.82) is 0 Å². The van der Waals surface area contributed by atoms with Crippen molar-refractivity contribution in [2.45, 2.75) is 12.8 Å². The lowest BCUT2D eigenvalue weighted by Gasteiger charge is -2.15. The second-order valence-electron chi connectivity index (χ2n) is 6.04. The minimum absolute atomic E-state index is 0.126. The number of anilines is 1. The lowest BCUT2D eigenvalue weighted by Crippen LogP contribution is -2.33. The highest BCUT2D eigenvalue weighted by Crippen LogP contribution is 2.18. The number of hydrogen-bond acceptors (Lipinski definition) is 5. The van der Waals surface area contributed by atoms with Crippen LogP contribution in [0, 0.1) is 0 Å². The van der Waals surface area contributed by atoms with Crippen molar-refractivity contribution in [2.24, 2.45) is 0 Å². The van der Waals surface area contributed by atoms with Gasteiger partial charge in [0.15, 0.2) is 5.76 Å². The van der Waals surface area contributed by atoms with Crippen LogP contribution in [-0.2, 0) is 9.53 Å². The molecule has 134 valence electrons. The Bertz CT molecular complexity index is 657. The number of carbonyl (C=O) groups is 2. The molecule has 0 atom stereocenters. The lowest BCUT2D eigenvalue weighted by atomic mass is 10.2. The van der Waals surface area contributed by atoms with Crippen LogP contribution < -0.4 is 10.6 Å². The fourth-order valence-electron chi connectivity index (χ4n) is 2.85. The number of amides is 2. The summed E-state index contributed by atoms with van der Waals surface area (Å²) in [5.74, 6) is 0.749. The molecule has 7 heteroatoms. The number of benzene rings is 1. The molecule has 1 saturated heterocycles. The van der Waals surface area contributed by atoms with Gasteiger partial charge in [-0.15, -0.1) is 11.8 Å². The Balaban J connectivity index is 1.52. The van der Waals surface area contributed by atoms with Gasteiger partial charge in [0.25, 0.3) is 11.8 Å². The van der Waals surface area contributed by atoms with Crippen molar-refractivity contribution in [1.82, 2.24) is 10.2 Å². The maximum atomic E-state index is 12.3. The van der Waals surface area contributed by atoms with E-state index in [0.717, 1.165) is 25.4 Å². The van der Waals surface area contributed by atoms with E-state index in [2.05, 4.69) is 15.5 Å². The molecule has 1 fully saturated rings. The van der Waals surface area contributed by atoms with Gasteiger partial charge in [-0.3, -0.25) is 9.59 Å². The molecular weight excluding hydrogens is 338 g/mol. The first-order valence-corrected chi connectivity index (χ1v) is 9.64. The summed E-state index contributed by atoms with van der Waals surface area (Å²) in [6, 6.07) is 6.94. The van der Waals surface area contributed by atoms with Gasteiger partial charge in [0.1, 0.15) is 0 Å². The van der Waals surface area contributed by atoms with E-state index < -0.39 is 0 Å². The Labute approximate surface area is 152 Å². The first-order valence-electron chi connectivity index (χ1n) is 8.59. The van der Waals surface area contributed by atoms with Crippen LogP contribution in [0.1, 0.15) is 23.2 Å². The molecule has 1 aromatic rings. The molecule has 0 aromatic heterocycles. The van der Waals surface area contributed by atoms with Gasteiger partial charge in [-0.1, -0.05) is 6.07 Å². The number of likely N-dealkylation sites (tertiary alicyclic amines) is 1. The first-order chi connectivity index (χ1) is 12.2. The van der Waals surface area contributed by atoms with E-state index in [1.165, 1.54) is 12.8 Å². The number of rotatable bonds is 6. The van der Waals surface area contributed by atoms with Crippen molar-refractivity contribution in [3.05, 3.63) is 41.0 Å². The Morgan fingerprint density at radius 3 is 2.80 bits per heavy atom. The van der Waals surface area contributed by atoms with Crippen LogP contribution in [0.4, 0.5) is 5.69 Å². The average Bonchev–Trinajstić information content (AvgIpc) is 3.16. The van der Waals surface area contributed by atoms with Crippen molar-refractivity contribution >= 4 is 29.3 Å². The van der Waals surface area contributed by atoms with Crippen molar-refractivity contribution in [2.75, 3.05) is 43.9 Å². The lowest BCUT2D eigenvalue weighted by molar-refractivity contribution is -0.116. The van der Waals surface area contributed by atoms with Gasteiger partial charge < -0.3 is 20.3 Å². The summed E-state index contributed by atoms with van der Waals surface area (Å²) in [7, 11) is 0. The van der Waals surface area contributed by atoms with Crippen LogP contribution in [0.15, 0.2) is 35.4 Å². The zero-order valence-corrected chi connectivity index (χ0v) is 14.9. The number of nitrogens with zero attached hydrogens (tertiary/aromatic N) is 1. The Hall–Kier alpha value is -1.99. The molecule has 2 aliphatic heterocycles. The van der Waals surface area contributed by atoms with Crippen LogP contribution in [0.5, 0.6) is 0 Å². The number of thioether (sulfide) groups is 1. The van der Waals surface area contributed by atoms with Crippen LogP contribution in [0.25, 0.3) is 0 Å². The Morgan fingerprint density at radius 1 is 1.20 bits per heavy atom. The summed E-state index contributed by atoms with van der Waals surface area (Å²) in [6.45, 7) is 4.28. The maximum absolute atomic E-state index is 12.3. The number of hydrogen-bond donors (Lipinski definition) is 2. The van der Waals surface area contributed by atoms with E-state index >= 15 is 0 Å². The predicted octanol–water partition coefficient (Wildman–Crippen LogP) is 2.06. The zero-order chi connectivity index (χ0) is 17.5. The summed E-state index contributed by atoms with van der Waals surface area (Å²) in [5, 5.41) is 7.43. The number of carbonyl (C=O) groups excluding carboxylic acids is 2. The van der Waals surface area contributed by atoms with Crippen LogP contribution in [-0.4, -0.2) is 55.3 Å². The monoisotopic (exact) mass is 361 g/mol. The second kappa shape index (κ2) is 8.92. The summed E-state index contributed by atoms with van der Waals surface area (Å²) in [5.41, 5.74) is 1.12. The zero-order valence-electron chi connectivity index (χ0n) is 14.1. The Kier molecular flexibility index (Phi) is 6.36. The molecule has 0 aliphatic carbocycles. The molecule has 0 unspecified atom stereocenters. The largest absolute Gasteiger partial charge is 0.487 e. The van der Waals surface area contributed by atoms with E-state index in [1.54, 1.807) is 41.4 Å². The molecule has 0 bridgehead atoms. The van der Waals surface area contributed by atoms with Gasteiger partial charge in [0.2, 0.25) is 0 Å². The average molecular weight is 361 g/mol. The molecule has 2 aliphatic rings. The Morgan fingerprint density at radius 2 is 2.04 bits per heavy atom.